The van der Waals surface area contributed by atoms with Gasteiger partial charge in [0.1, 0.15) is 0 Å². The molecule has 0 heterocycles. The van der Waals surface area contributed by atoms with Crippen molar-refractivity contribution in [2.75, 3.05) is 0 Å². The second-order valence-corrected chi connectivity index (χ2v) is 4.91. The van der Waals surface area contributed by atoms with Crippen molar-refractivity contribution in [1.82, 2.24) is 0 Å². The predicted molar refractivity (Wildman–Crippen MR) is 72.1 cm³/mol. The molecule has 0 aliphatic heterocycles. The van der Waals surface area contributed by atoms with E-state index >= 15 is 0 Å². The minimum atomic E-state index is 0. The minimum Gasteiger partial charge on any atom is -0.324 e. The van der Waals surface area contributed by atoms with Crippen LogP contribution in [0.2, 0.25) is 0 Å². The van der Waals surface area contributed by atoms with E-state index in [-0.39, 0.29) is 18.4 Å². The van der Waals surface area contributed by atoms with Gasteiger partial charge in [-0.3, -0.25) is 0 Å². The van der Waals surface area contributed by atoms with E-state index in [2.05, 4.69) is 32.0 Å². The highest BCUT2D eigenvalue weighted by Gasteiger charge is 2.23. The molecule has 1 aromatic rings. The highest BCUT2D eigenvalue weighted by Crippen LogP contribution is 2.34. The Labute approximate surface area is 105 Å². The number of benzene rings is 1. The van der Waals surface area contributed by atoms with E-state index in [1.54, 1.807) is 0 Å². The van der Waals surface area contributed by atoms with Crippen LogP contribution in [-0.2, 0) is 0 Å². The molecule has 0 radical (unpaired) electrons. The van der Waals surface area contributed by atoms with Crippen molar-refractivity contribution >= 4 is 12.4 Å². The molecule has 0 unspecified atom stereocenters. The second kappa shape index (κ2) is 5.70. The quantitative estimate of drug-likeness (QED) is 0.832. The van der Waals surface area contributed by atoms with Crippen LogP contribution in [0.5, 0.6) is 0 Å². The third-order valence-electron chi connectivity index (χ3n) is 3.82. The van der Waals surface area contributed by atoms with Crippen molar-refractivity contribution in [1.29, 1.82) is 0 Å². The van der Waals surface area contributed by atoms with Gasteiger partial charge in [-0.2, -0.15) is 0 Å². The van der Waals surface area contributed by atoms with Crippen molar-refractivity contribution in [3.8, 4) is 0 Å². The molecule has 1 aliphatic rings. The molecule has 1 nitrogen and oxygen atoms in total. The summed E-state index contributed by atoms with van der Waals surface area (Å²) in [5.41, 5.74) is 10.4. The highest BCUT2D eigenvalue weighted by molar-refractivity contribution is 5.85. The summed E-state index contributed by atoms with van der Waals surface area (Å²) < 4.78 is 0. The first kappa shape index (κ1) is 13.5. The Hall–Kier alpha value is -0.530. The molecule has 1 aromatic carbocycles. The Morgan fingerprint density at radius 2 is 1.75 bits per heavy atom. The van der Waals surface area contributed by atoms with Crippen LogP contribution in [-0.4, -0.2) is 0 Å². The lowest BCUT2D eigenvalue weighted by atomic mass is 9.91. The summed E-state index contributed by atoms with van der Waals surface area (Å²) in [5, 5.41) is 0. The third kappa shape index (κ3) is 2.78. The Morgan fingerprint density at radius 3 is 2.31 bits per heavy atom. The molecule has 1 aliphatic carbocycles. The predicted octanol–water partition coefficient (Wildman–Crippen LogP) is 3.92. The molecule has 1 atom stereocenters. The molecular weight excluding hydrogens is 218 g/mol. The van der Waals surface area contributed by atoms with E-state index in [0.29, 0.717) is 5.92 Å². The number of halogens is 1. The molecule has 0 bridgehead atoms. The number of rotatable bonds is 2. The van der Waals surface area contributed by atoms with Gasteiger partial charge < -0.3 is 5.73 Å². The van der Waals surface area contributed by atoms with E-state index in [1.165, 1.54) is 42.4 Å². The minimum absolute atomic E-state index is 0. The number of hydrogen-bond donors (Lipinski definition) is 1. The molecule has 0 amide bonds. The molecule has 2 rings (SSSR count). The number of nitrogens with two attached hydrogens (primary N) is 1. The maximum absolute atomic E-state index is 6.32. The molecule has 2 N–H and O–H groups in total. The molecule has 0 spiro atoms. The third-order valence-corrected chi connectivity index (χ3v) is 3.82. The van der Waals surface area contributed by atoms with Gasteiger partial charge in [0.2, 0.25) is 0 Å². The van der Waals surface area contributed by atoms with Gasteiger partial charge in [-0.1, -0.05) is 31.0 Å². The van der Waals surface area contributed by atoms with Crippen molar-refractivity contribution in [3.63, 3.8) is 0 Å². The zero-order chi connectivity index (χ0) is 10.8. The number of aryl methyl sites for hydroxylation is 2. The van der Waals surface area contributed by atoms with Gasteiger partial charge in [0.25, 0.3) is 0 Å². The van der Waals surface area contributed by atoms with E-state index in [0.717, 1.165) is 0 Å². The summed E-state index contributed by atoms with van der Waals surface area (Å²) in [4.78, 5) is 0. The van der Waals surface area contributed by atoms with Crippen molar-refractivity contribution in [2.24, 2.45) is 11.7 Å². The summed E-state index contributed by atoms with van der Waals surface area (Å²) in [6, 6.07) is 6.91. The Kier molecular flexibility index (Phi) is 4.82. The van der Waals surface area contributed by atoms with E-state index < -0.39 is 0 Å². The highest BCUT2D eigenvalue weighted by atomic mass is 35.5. The Balaban J connectivity index is 0.00000128. The van der Waals surface area contributed by atoms with Gasteiger partial charge in [0, 0.05) is 6.04 Å². The molecule has 16 heavy (non-hydrogen) atoms. The van der Waals surface area contributed by atoms with Crippen LogP contribution in [0.15, 0.2) is 18.2 Å². The first-order valence-corrected chi connectivity index (χ1v) is 6.01. The molecule has 0 saturated heterocycles. The van der Waals surface area contributed by atoms with Gasteiger partial charge in [-0.15, -0.1) is 12.4 Å². The summed E-state index contributed by atoms with van der Waals surface area (Å²) in [7, 11) is 0. The SMILES string of the molecule is Cc1ccc([C@@H](N)C2CCCC2)cc1C.Cl. The molecule has 1 saturated carbocycles. The number of hydrogen-bond acceptors (Lipinski definition) is 1. The van der Waals surface area contributed by atoms with Gasteiger partial charge in [0.15, 0.2) is 0 Å². The van der Waals surface area contributed by atoms with E-state index in [1.807, 2.05) is 0 Å². The summed E-state index contributed by atoms with van der Waals surface area (Å²) in [6.07, 6.45) is 5.36. The van der Waals surface area contributed by atoms with Crippen molar-refractivity contribution in [3.05, 3.63) is 34.9 Å². The zero-order valence-corrected chi connectivity index (χ0v) is 11.0. The lowest BCUT2D eigenvalue weighted by molar-refractivity contribution is 0.445. The summed E-state index contributed by atoms with van der Waals surface area (Å²) in [5.74, 6) is 0.715. The van der Waals surface area contributed by atoms with Crippen LogP contribution in [0.3, 0.4) is 0 Å². The molecule has 2 heteroatoms. The van der Waals surface area contributed by atoms with Gasteiger partial charge in [-0.05, 0) is 49.3 Å². The molecule has 1 fully saturated rings. The summed E-state index contributed by atoms with van der Waals surface area (Å²) >= 11 is 0. The van der Waals surface area contributed by atoms with Crippen LogP contribution in [0.25, 0.3) is 0 Å². The van der Waals surface area contributed by atoms with Crippen molar-refractivity contribution < 1.29 is 0 Å². The van der Waals surface area contributed by atoms with Crippen LogP contribution in [0, 0.1) is 19.8 Å². The lowest BCUT2D eigenvalue weighted by Crippen LogP contribution is -2.19. The van der Waals surface area contributed by atoms with Crippen LogP contribution < -0.4 is 5.73 Å². The van der Waals surface area contributed by atoms with Gasteiger partial charge >= 0.3 is 0 Å². The Morgan fingerprint density at radius 1 is 1.12 bits per heavy atom. The maximum Gasteiger partial charge on any atom is 0.0323 e. The lowest BCUT2D eigenvalue weighted by Gasteiger charge is -2.20. The molecule has 0 aromatic heterocycles. The molecule has 90 valence electrons. The van der Waals surface area contributed by atoms with Crippen LogP contribution in [0.4, 0.5) is 0 Å². The zero-order valence-electron chi connectivity index (χ0n) is 10.2. The average Bonchev–Trinajstić information content (AvgIpc) is 2.74. The Bertz CT molecular complexity index is 343. The fraction of sp³-hybridized carbons (Fsp3) is 0.571. The van der Waals surface area contributed by atoms with E-state index in [9.17, 15) is 0 Å². The average molecular weight is 240 g/mol. The fourth-order valence-corrected chi connectivity index (χ4v) is 2.56. The summed E-state index contributed by atoms with van der Waals surface area (Å²) in [6.45, 7) is 4.32. The van der Waals surface area contributed by atoms with Crippen LogP contribution >= 0.6 is 12.4 Å². The fourth-order valence-electron chi connectivity index (χ4n) is 2.56. The second-order valence-electron chi connectivity index (χ2n) is 4.91. The van der Waals surface area contributed by atoms with Gasteiger partial charge in [-0.25, -0.2) is 0 Å². The maximum atomic E-state index is 6.32. The first-order chi connectivity index (χ1) is 7.18. The van der Waals surface area contributed by atoms with Crippen LogP contribution in [0.1, 0.15) is 48.4 Å². The standard InChI is InChI=1S/C14H21N.ClH/c1-10-7-8-13(9-11(10)2)14(15)12-5-3-4-6-12;/h7-9,12,14H,3-6,15H2,1-2H3;1H/t14-;/m0./s1. The largest absolute Gasteiger partial charge is 0.324 e. The van der Waals surface area contributed by atoms with Crippen molar-refractivity contribution in [2.45, 2.75) is 45.6 Å². The normalized spacial score (nSPS) is 18.2. The topological polar surface area (TPSA) is 26.0 Å². The first-order valence-electron chi connectivity index (χ1n) is 6.01. The van der Waals surface area contributed by atoms with Gasteiger partial charge in [0.05, 0.1) is 0 Å². The monoisotopic (exact) mass is 239 g/mol. The molecular formula is C14H22ClN. The van der Waals surface area contributed by atoms with E-state index in [4.69, 9.17) is 5.73 Å². The smallest absolute Gasteiger partial charge is 0.0323 e.